The molecule has 1 atom stereocenters. The SMILES string of the molecule is Cc1cc(NC(=O)C(C)OC(=O)c2ccccc2Sc2ccccc2C#N)no1. The number of hydrogen-bond donors (Lipinski definition) is 1. The summed E-state index contributed by atoms with van der Waals surface area (Å²) in [6, 6.07) is 17.7. The van der Waals surface area contributed by atoms with Gasteiger partial charge in [-0.05, 0) is 38.1 Å². The van der Waals surface area contributed by atoms with Gasteiger partial charge >= 0.3 is 5.97 Å². The van der Waals surface area contributed by atoms with Crippen molar-refractivity contribution in [3.8, 4) is 6.07 Å². The summed E-state index contributed by atoms with van der Waals surface area (Å²) >= 11 is 1.29. The summed E-state index contributed by atoms with van der Waals surface area (Å²) in [5, 5.41) is 15.5. The van der Waals surface area contributed by atoms with Crippen LogP contribution in [0.2, 0.25) is 0 Å². The number of aromatic nitrogens is 1. The van der Waals surface area contributed by atoms with Gasteiger partial charge in [-0.3, -0.25) is 4.79 Å². The number of carbonyl (C=O) groups is 2. The molecule has 8 heteroatoms. The number of aryl methyl sites for hydroxylation is 1. The third kappa shape index (κ3) is 5.03. The highest BCUT2D eigenvalue weighted by molar-refractivity contribution is 7.99. The van der Waals surface area contributed by atoms with Crippen molar-refractivity contribution in [3.05, 3.63) is 71.5 Å². The lowest BCUT2D eigenvalue weighted by atomic mass is 10.2. The molecule has 1 heterocycles. The Labute approximate surface area is 171 Å². The second kappa shape index (κ2) is 9.08. The van der Waals surface area contributed by atoms with Crippen molar-refractivity contribution in [3.63, 3.8) is 0 Å². The minimum absolute atomic E-state index is 0.250. The molecule has 0 saturated heterocycles. The zero-order valence-corrected chi connectivity index (χ0v) is 16.5. The van der Waals surface area contributed by atoms with Gasteiger partial charge in [0.1, 0.15) is 11.8 Å². The molecule has 29 heavy (non-hydrogen) atoms. The average molecular weight is 407 g/mol. The first-order valence-corrected chi connectivity index (χ1v) is 9.50. The highest BCUT2D eigenvalue weighted by Gasteiger charge is 2.22. The largest absolute Gasteiger partial charge is 0.449 e. The molecule has 1 aromatic heterocycles. The predicted molar refractivity (Wildman–Crippen MR) is 106 cm³/mol. The Balaban J connectivity index is 1.72. The van der Waals surface area contributed by atoms with E-state index in [-0.39, 0.29) is 5.82 Å². The standard InChI is InChI=1S/C21H17N3O4S/c1-13-11-19(24-28-13)23-20(25)14(2)27-21(26)16-8-4-6-10-18(16)29-17-9-5-3-7-15(17)12-22/h3-11,14H,1-2H3,(H,23,24,25). The summed E-state index contributed by atoms with van der Waals surface area (Å²) in [6.07, 6.45) is -1.04. The maximum absolute atomic E-state index is 12.7. The second-order valence-corrected chi connectivity index (χ2v) is 7.15. The van der Waals surface area contributed by atoms with Crippen molar-refractivity contribution in [2.45, 2.75) is 29.7 Å². The predicted octanol–water partition coefficient (Wildman–Crippen LogP) is 4.19. The molecule has 0 aliphatic carbocycles. The molecule has 0 aliphatic rings. The maximum atomic E-state index is 12.7. The van der Waals surface area contributed by atoms with Gasteiger partial charge in [-0.15, -0.1) is 0 Å². The molecule has 2 aromatic carbocycles. The van der Waals surface area contributed by atoms with E-state index in [2.05, 4.69) is 16.5 Å². The van der Waals surface area contributed by atoms with Crippen molar-refractivity contribution in [2.75, 3.05) is 5.32 Å². The minimum atomic E-state index is -1.04. The quantitative estimate of drug-likeness (QED) is 0.611. The number of amides is 1. The molecule has 0 fully saturated rings. The number of nitrogens with one attached hydrogen (secondary N) is 1. The van der Waals surface area contributed by atoms with Crippen LogP contribution in [0.1, 0.15) is 28.6 Å². The molecule has 1 N–H and O–H groups in total. The molecule has 1 unspecified atom stereocenters. The number of ether oxygens (including phenoxy) is 1. The van der Waals surface area contributed by atoms with Crippen LogP contribution in [0.4, 0.5) is 5.82 Å². The van der Waals surface area contributed by atoms with Crippen molar-refractivity contribution < 1.29 is 18.8 Å². The van der Waals surface area contributed by atoms with Crippen molar-refractivity contribution in [2.24, 2.45) is 0 Å². The van der Waals surface area contributed by atoms with Crippen LogP contribution in [0.25, 0.3) is 0 Å². The summed E-state index contributed by atoms with van der Waals surface area (Å²) in [5.74, 6) is -0.360. The van der Waals surface area contributed by atoms with Crippen LogP contribution in [0.3, 0.4) is 0 Å². The number of benzene rings is 2. The zero-order chi connectivity index (χ0) is 20.8. The fraction of sp³-hybridized carbons (Fsp3) is 0.143. The average Bonchev–Trinajstić information content (AvgIpc) is 3.13. The van der Waals surface area contributed by atoms with Gasteiger partial charge in [-0.2, -0.15) is 5.26 Å². The van der Waals surface area contributed by atoms with Crippen LogP contribution >= 0.6 is 11.8 Å². The summed E-state index contributed by atoms with van der Waals surface area (Å²) < 4.78 is 10.2. The van der Waals surface area contributed by atoms with E-state index < -0.39 is 18.0 Å². The summed E-state index contributed by atoms with van der Waals surface area (Å²) in [6.45, 7) is 3.17. The van der Waals surface area contributed by atoms with E-state index in [1.165, 1.54) is 18.7 Å². The maximum Gasteiger partial charge on any atom is 0.340 e. The first-order valence-electron chi connectivity index (χ1n) is 8.69. The van der Waals surface area contributed by atoms with Gasteiger partial charge in [0.05, 0.1) is 11.1 Å². The van der Waals surface area contributed by atoms with Crippen LogP contribution in [-0.2, 0) is 9.53 Å². The zero-order valence-electron chi connectivity index (χ0n) is 15.7. The Kier molecular flexibility index (Phi) is 6.32. The number of nitrogens with zero attached hydrogens (tertiary/aromatic N) is 2. The number of rotatable bonds is 6. The molecular weight excluding hydrogens is 390 g/mol. The molecule has 3 rings (SSSR count). The van der Waals surface area contributed by atoms with E-state index in [1.54, 1.807) is 55.5 Å². The summed E-state index contributed by atoms with van der Waals surface area (Å²) in [7, 11) is 0. The van der Waals surface area contributed by atoms with Gasteiger partial charge in [0.2, 0.25) is 0 Å². The van der Waals surface area contributed by atoms with Gasteiger partial charge in [0.25, 0.3) is 5.91 Å². The van der Waals surface area contributed by atoms with Gasteiger partial charge in [-0.1, -0.05) is 41.2 Å². The minimum Gasteiger partial charge on any atom is -0.449 e. The number of nitriles is 1. The number of hydrogen-bond acceptors (Lipinski definition) is 7. The highest BCUT2D eigenvalue weighted by Crippen LogP contribution is 2.33. The smallest absolute Gasteiger partial charge is 0.340 e. The van der Waals surface area contributed by atoms with Crippen LogP contribution in [0, 0.1) is 18.3 Å². The first-order chi connectivity index (χ1) is 14.0. The normalized spacial score (nSPS) is 11.3. The lowest BCUT2D eigenvalue weighted by Gasteiger charge is -2.14. The molecule has 0 saturated carbocycles. The van der Waals surface area contributed by atoms with Crippen LogP contribution < -0.4 is 5.32 Å². The van der Waals surface area contributed by atoms with Gasteiger partial charge in [-0.25, -0.2) is 4.79 Å². The highest BCUT2D eigenvalue weighted by atomic mass is 32.2. The number of anilines is 1. The van der Waals surface area contributed by atoms with Crippen molar-refractivity contribution >= 4 is 29.5 Å². The van der Waals surface area contributed by atoms with Crippen molar-refractivity contribution in [1.29, 1.82) is 5.26 Å². The topological polar surface area (TPSA) is 105 Å². The third-order valence-corrected chi connectivity index (χ3v) is 5.02. The Morgan fingerprint density at radius 2 is 1.86 bits per heavy atom. The summed E-state index contributed by atoms with van der Waals surface area (Å²) in [4.78, 5) is 26.3. The van der Waals surface area contributed by atoms with E-state index in [9.17, 15) is 14.9 Å². The lowest BCUT2D eigenvalue weighted by molar-refractivity contribution is -0.123. The molecule has 1 amide bonds. The lowest BCUT2D eigenvalue weighted by Crippen LogP contribution is -2.30. The van der Waals surface area contributed by atoms with E-state index >= 15 is 0 Å². The fourth-order valence-electron chi connectivity index (χ4n) is 2.42. The number of carbonyl (C=O) groups excluding carboxylic acids is 2. The Hall–Kier alpha value is -3.57. The molecule has 3 aromatic rings. The second-order valence-electron chi connectivity index (χ2n) is 6.07. The molecule has 146 valence electrons. The van der Waals surface area contributed by atoms with Crippen LogP contribution in [0.5, 0.6) is 0 Å². The fourth-order valence-corrected chi connectivity index (χ4v) is 3.44. The summed E-state index contributed by atoms with van der Waals surface area (Å²) in [5.41, 5.74) is 0.818. The Morgan fingerprint density at radius 3 is 2.55 bits per heavy atom. The molecule has 7 nitrogen and oxygen atoms in total. The van der Waals surface area contributed by atoms with Crippen molar-refractivity contribution in [1.82, 2.24) is 5.16 Å². The van der Waals surface area contributed by atoms with E-state index in [0.29, 0.717) is 21.8 Å². The first kappa shape index (κ1) is 20.2. The van der Waals surface area contributed by atoms with Crippen LogP contribution in [0.15, 0.2) is 68.9 Å². The van der Waals surface area contributed by atoms with E-state index in [0.717, 1.165) is 4.90 Å². The molecular formula is C21H17N3O4S. The van der Waals surface area contributed by atoms with Crippen LogP contribution in [-0.4, -0.2) is 23.1 Å². The van der Waals surface area contributed by atoms with E-state index in [1.807, 2.05) is 6.07 Å². The Bertz CT molecular complexity index is 1090. The monoisotopic (exact) mass is 407 g/mol. The molecule has 0 bridgehead atoms. The molecule has 0 radical (unpaired) electrons. The number of esters is 1. The van der Waals surface area contributed by atoms with Gasteiger partial charge in [0, 0.05) is 15.9 Å². The third-order valence-electron chi connectivity index (χ3n) is 3.87. The molecule has 0 aliphatic heterocycles. The van der Waals surface area contributed by atoms with Gasteiger partial charge in [0.15, 0.2) is 11.9 Å². The van der Waals surface area contributed by atoms with E-state index in [4.69, 9.17) is 9.26 Å². The van der Waals surface area contributed by atoms with Gasteiger partial charge < -0.3 is 14.6 Å². The Morgan fingerprint density at radius 1 is 1.17 bits per heavy atom. The molecule has 0 spiro atoms.